The summed E-state index contributed by atoms with van der Waals surface area (Å²) in [5.74, 6) is -1.65. The van der Waals surface area contributed by atoms with Crippen LogP contribution in [0.2, 0.25) is 0 Å². The molecule has 0 amide bonds. The van der Waals surface area contributed by atoms with Gasteiger partial charge in [0.1, 0.15) is 11.4 Å². The molecule has 0 bridgehead atoms. The van der Waals surface area contributed by atoms with Crippen LogP contribution in [0.3, 0.4) is 0 Å². The molecule has 22 heavy (non-hydrogen) atoms. The van der Waals surface area contributed by atoms with Crippen molar-refractivity contribution in [2.45, 2.75) is 12.4 Å². The normalized spacial score (nSPS) is 12.5. The molecule has 1 heterocycles. The fraction of sp³-hybridized carbons (Fsp3) is 0.154. The number of aromatic nitrogens is 1. The molecule has 2 N–H and O–H groups in total. The van der Waals surface area contributed by atoms with Crippen LogP contribution in [-0.4, -0.2) is 16.1 Å². The van der Waals surface area contributed by atoms with Crippen molar-refractivity contribution in [3.05, 3.63) is 47.3 Å². The van der Waals surface area contributed by atoms with Gasteiger partial charge in [-0.25, -0.2) is 4.79 Å². The van der Waals surface area contributed by atoms with Crippen molar-refractivity contribution < 1.29 is 36.2 Å². The summed E-state index contributed by atoms with van der Waals surface area (Å²) in [5.41, 5.74) is -3.43. The molecule has 0 radical (unpaired) electrons. The van der Waals surface area contributed by atoms with E-state index < -0.39 is 35.3 Å². The van der Waals surface area contributed by atoms with Crippen LogP contribution < -0.4 is 0 Å². The van der Waals surface area contributed by atoms with Gasteiger partial charge in [0.2, 0.25) is 0 Å². The van der Waals surface area contributed by atoms with Crippen molar-refractivity contribution in [2.75, 3.05) is 0 Å². The van der Waals surface area contributed by atoms with Crippen LogP contribution in [0.1, 0.15) is 21.7 Å². The van der Waals surface area contributed by atoms with E-state index in [0.29, 0.717) is 18.2 Å². The number of aromatic carboxylic acids is 1. The van der Waals surface area contributed by atoms with E-state index in [1.54, 1.807) is 4.98 Å². The first-order valence-electron chi connectivity index (χ1n) is 5.71. The Hall–Kier alpha value is -2.45. The lowest BCUT2D eigenvalue weighted by Gasteiger charge is -2.07. The Morgan fingerprint density at radius 1 is 0.955 bits per heavy atom. The number of alkyl halides is 6. The molecule has 118 valence electrons. The lowest BCUT2D eigenvalue weighted by Crippen LogP contribution is -2.06. The molecule has 0 spiro atoms. The minimum absolute atomic E-state index is 0.0721. The van der Waals surface area contributed by atoms with Gasteiger partial charge in [-0.05, 0) is 23.8 Å². The quantitative estimate of drug-likeness (QED) is 0.804. The SMILES string of the molecule is O=C(O)c1[nH]c(C(F)(F)F)cc1-c1ccc(C(F)(F)F)cc1. The first-order valence-corrected chi connectivity index (χ1v) is 5.71. The van der Waals surface area contributed by atoms with Crippen molar-refractivity contribution >= 4 is 5.97 Å². The summed E-state index contributed by atoms with van der Waals surface area (Å²) in [5, 5.41) is 8.91. The fourth-order valence-corrected chi connectivity index (χ4v) is 1.84. The van der Waals surface area contributed by atoms with Gasteiger partial charge in [0, 0.05) is 5.56 Å². The van der Waals surface area contributed by atoms with Crippen molar-refractivity contribution in [1.29, 1.82) is 0 Å². The van der Waals surface area contributed by atoms with Crippen molar-refractivity contribution in [3.8, 4) is 11.1 Å². The maximum absolute atomic E-state index is 12.6. The Morgan fingerprint density at radius 2 is 1.50 bits per heavy atom. The van der Waals surface area contributed by atoms with Crippen LogP contribution in [0.5, 0.6) is 0 Å². The van der Waals surface area contributed by atoms with E-state index in [0.717, 1.165) is 12.1 Å². The monoisotopic (exact) mass is 323 g/mol. The van der Waals surface area contributed by atoms with Gasteiger partial charge in [0.25, 0.3) is 0 Å². The van der Waals surface area contributed by atoms with E-state index in [2.05, 4.69) is 0 Å². The van der Waals surface area contributed by atoms with Crippen molar-refractivity contribution in [1.82, 2.24) is 4.98 Å². The number of carbonyl (C=O) groups is 1. The van der Waals surface area contributed by atoms with Gasteiger partial charge in [-0.3, -0.25) is 0 Å². The van der Waals surface area contributed by atoms with Gasteiger partial charge in [-0.15, -0.1) is 0 Å². The Bertz CT molecular complexity index is 697. The molecule has 0 saturated heterocycles. The molecule has 0 aliphatic rings. The number of hydrogen-bond acceptors (Lipinski definition) is 1. The highest BCUT2D eigenvalue weighted by molar-refractivity contribution is 5.94. The van der Waals surface area contributed by atoms with Gasteiger partial charge in [-0.1, -0.05) is 12.1 Å². The number of aromatic amines is 1. The van der Waals surface area contributed by atoms with Crippen LogP contribution in [0.4, 0.5) is 26.3 Å². The minimum atomic E-state index is -4.80. The summed E-state index contributed by atoms with van der Waals surface area (Å²) in [6.45, 7) is 0. The predicted molar refractivity (Wildman–Crippen MR) is 63.2 cm³/mol. The van der Waals surface area contributed by atoms with Crippen molar-refractivity contribution in [3.63, 3.8) is 0 Å². The first-order chi connectivity index (χ1) is 10.00. The summed E-state index contributed by atoms with van der Waals surface area (Å²) in [4.78, 5) is 12.7. The highest BCUT2D eigenvalue weighted by Gasteiger charge is 2.35. The topological polar surface area (TPSA) is 53.1 Å². The average Bonchev–Trinajstić information content (AvgIpc) is 2.82. The number of rotatable bonds is 2. The standard InChI is InChI=1S/C13H7F6NO2/c14-12(15,16)7-3-1-6(2-4-7)8-5-9(13(17,18)19)20-10(8)11(21)22/h1-5,20H,(H,21,22). The number of benzene rings is 1. The third-order valence-electron chi connectivity index (χ3n) is 2.86. The summed E-state index contributed by atoms with van der Waals surface area (Å²) >= 11 is 0. The van der Waals surface area contributed by atoms with Crippen LogP contribution in [0.15, 0.2) is 30.3 Å². The third-order valence-corrected chi connectivity index (χ3v) is 2.86. The lowest BCUT2D eigenvalue weighted by molar-refractivity contribution is -0.141. The second-order valence-electron chi connectivity index (χ2n) is 4.35. The molecule has 2 rings (SSSR count). The molecule has 2 aromatic rings. The average molecular weight is 323 g/mol. The summed E-state index contributed by atoms with van der Waals surface area (Å²) in [7, 11) is 0. The van der Waals surface area contributed by atoms with Crippen LogP contribution in [0.25, 0.3) is 11.1 Å². The predicted octanol–water partition coefficient (Wildman–Crippen LogP) is 4.42. The molecule has 1 aromatic heterocycles. The molecule has 0 saturated carbocycles. The van der Waals surface area contributed by atoms with Crippen molar-refractivity contribution in [2.24, 2.45) is 0 Å². The molecule has 9 heteroatoms. The summed E-state index contributed by atoms with van der Waals surface area (Å²) in [6, 6.07) is 3.71. The second kappa shape index (κ2) is 5.08. The molecule has 0 atom stereocenters. The number of carboxylic acid groups (broad SMARTS) is 1. The van der Waals surface area contributed by atoms with E-state index in [-0.39, 0.29) is 11.1 Å². The largest absolute Gasteiger partial charge is 0.477 e. The van der Waals surface area contributed by atoms with Gasteiger partial charge < -0.3 is 10.1 Å². The maximum Gasteiger partial charge on any atom is 0.431 e. The molecular formula is C13H7F6NO2. The van der Waals surface area contributed by atoms with Crippen LogP contribution in [-0.2, 0) is 12.4 Å². The number of nitrogens with one attached hydrogen (secondary N) is 1. The van der Waals surface area contributed by atoms with Gasteiger partial charge in [-0.2, -0.15) is 26.3 Å². The summed E-state index contributed by atoms with van der Waals surface area (Å²) in [6.07, 6.45) is -9.39. The van der Waals surface area contributed by atoms with Crippen LogP contribution >= 0.6 is 0 Å². The molecule has 0 fully saturated rings. The van der Waals surface area contributed by atoms with Crippen LogP contribution in [0, 0.1) is 0 Å². The molecule has 3 nitrogen and oxygen atoms in total. The number of hydrogen-bond donors (Lipinski definition) is 2. The zero-order chi connectivity index (χ0) is 16.7. The van der Waals surface area contributed by atoms with Gasteiger partial charge in [0.05, 0.1) is 5.56 Å². The zero-order valence-corrected chi connectivity index (χ0v) is 10.5. The van der Waals surface area contributed by atoms with E-state index in [1.807, 2.05) is 0 Å². The van der Waals surface area contributed by atoms with E-state index in [4.69, 9.17) is 5.11 Å². The molecule has 0 aliphatic carbocycles. The molecule has 0 unspecified atom stereocenters. The first kappa shape index (κ1) is 15.9. The number of H-pyrrole nitrogens is 1. The lowest BCUT2D eigenvalue weighted by atomic mass is 10.0. The molecular weight excluding hydrogens is 316 g/mol. The Balaban J connectivity index is 2.52. The molecule has 1 aromatic carbocycles. The van der Waals surface area contributed by atoms with Gasteiger partial charge >= 0.3 is 18.3 Å². The highest BCUT2D eigenvalue weighted by Crippen LogP contribution is 2.35. The Morgan fingerprint density at radius 3 is 1.91 bits per heavy atom. The fourth-order valence-electron chi connectivity index (χ4n) is 1.84. The Kier molecular flexibility index (Phi) is 3.68. The highest BCUT2D eigenvalue weighted by atomic mass is 19.4. The second-order valence-corrected chi connectivity index (χ2v) is 4.35. The molecule has 0 aliphatic heterocycles. The minimum Gasteiger partial charge on any atom is -0.477 e. The number of carboxylic acids is 1. The number of halogens is 6. The van der Waals surface area contributed by atoms with E-state index in [9.17, 15) is 31.1 Å². The third kappa shape index (κ3) is 3.07. The van der Waals surface area contributed by atoms with E-state index >= 15 is 0 Å². The smallest absolute Gasteiger partial charge is 0.431 e. The Labute approximate surface area is 119 Å². The van der Waals surface area contributed by atoms with E-state index in [1.165, 1.54) is 0 Å². The summed E-state index contributed by atoms with van der Waals surface area (Å²) < 4.78 is 75.1. The van der Waals surface area contributed by atoms with Gasteiger partial charge in [0.15, 0.2) is 0 Å². The zero-order valence-electron chi connectivity index (χ0n) is 10.5. The maximum atomic E-state index is 12.6.